The number of fused-ring (bicyclic) bond motifs is 3. The standard InChI is InChI=1S/C26H28ClFN2O2/c1-15-11-17(9-10-22(31)32)13-20(27)23(15)25-24-19(18-7-5-6-8-21(18)29-24)12-16(2)30(25)14-26(3,4)28/h5-11,13,16,25,29H,12,14H2,1-4H3,(H,31,32)/b10-9+/t16-,25-/m1/s1. The van der Waals surface area contributed by atoms with Crippen LogP contribution in [0, 0.1) is 6.92 Å². The number of hydrogen-bond donors (Lipinski definition) is 2. The maximum atomic E-state index is 14.9. The number of carboxylic acids is 1. The summed E-state index contributed by atoms with van der Waals surface area (Å²) in [4.78, 5) is 16.7. The van der Waals surface area contributed by atoms with Crippen LogP contribution >= 0.6 is 11.6 Å². The highest BCUT2D eigenvalue weighted by molar-refractivity contribution is 6.31. The number of nitrogens with zero attached hydrogens (tertiary/aromatic N) is 1. The predicted molar refractivity (Wildman–Crippen MR) is 128 cm³/mol. The highest BCUT2D eigenvalue weighted by Crippen LogP contribution is 2.44. The van der Waals surface area contributed by atoms with E-state index in [1.165, 1.54) is 17.0 Å². The van der Waals surface area contributed by atoms with Gasteiger partial charge in [-0.2, -0.15) is 0 Å². The van der Waals surface area contributed by atoms with Crippen molar-refractivity contribution in [2.24, 2.45) is 0 Å². The van der Waals surface area contributed by atoms with Crippen molar-refractivity contribution < 1.29 is 14.3 Å². The monoisotopic (exact) mass is 454 g/mol. The van der Waals surface area contributed by atoms with E-state index in [1.54, 1.807) is 19.9 Å². The predicted octanol–water partition coefficient (Wildman–Crippen LogP) is 6.31. The van der Waals surface area contributed by atoms with Gasteiger partial charge in [-0.15, -0.1) is 0 Å². The summed E-state index contributed by atoms with van der Waals surface area (Å²) in [6.45, 7) is 7.58. The molecule has 4 nitrogen and oxygen atoms in total. The first-order valence-corrected chi connectivity index (χ1v) is 11.2. The summed E-state index contributed by atoms with van der Waals surface area (Å²) in [5, 5.41) is 10.7. The van der Waals surface area contributed by atoms with Crippen molar-refractivity contribution in [3.05, 3.63) is 75.4 Å². The average molecular weight is 455 g/mol. The third kappa shape index (κ3) is 4.32. The third-order valence-electron chi connectivity index (χ3n) is 6.13. The molecule has 32 heavy (non-hydrogen) atoms. The van der Waals surface area contributed by atoms with Crippen LogP contribution in [0.2, 0.25) is 5.02 Å². The van der Waals surface area contributed by atoms with Crippen LogP contribution in [0.5, 0.6) is 0 Å². The van der Waals surface area contributed by atoms with Gasteiger partial charge in [0.05, 0.1) is 6.04 Å². The van der Waals surface area contributed by atoms with E-state index in [0.29, 0.717) is 5.02 Å². The lowest BCUT2D eigenvalue weighted by atomic mass is 9.85. The lowest BCUT2D eigenvalue weighted by Crippen LogP contribution is -2.48. The smallest absolute Gasteiger partial charge is 0.328 e. The first-order chi connectivity index (χ1) is 15.0. The van der Waals surface area contributed by atoms with Crippen LogP contribution in [0.1, 0.15) is 54.8 Å². The van der Waals surface area contributed by atoms with E-state index in [9.17, 15) is 9.18 Å². The second-order valence-electron chi connectivity index (χ2n) is 9.31. The molecule has 1 aliphatic heterocycles. The van der Waals surface area contributed by atoms with Crippen molar-refractivity contribution in [2.75, 3.05) is 6.54 Å². The number of alkyl halides is 1. The summed E-state index contributed by atoms with van der Waals surface area (Å²) >= 11 is 6.82. The maximum Gasteiger partial charge on any atom is 0.328 e. The molecule has 0 saturated heterocycles. The largest absolute Gasteiger partial charge is 0.478 e. The first kappa shape index (κ1) is 22.6. The number of aryl methyl sites for hydroxylation is 1. The number of halogens is 2. The van der Waals surface area contributed by atoms with Crippen molar-refractivity contribution in [3.63, 3.8) is 0 Å². The van der Waals surface area contributed by atoms with E-state index < -0.39 is 11.6 Å². The summed E-state index contributed by atoms with van der Waals surface area (Å²) < 4.78 is 14.9. The molecule has 4 rings (SSSR count). The quantitative estimate of drug-likeness (QED) is 0.444. The minimum absolute atomic E-state index is 0.115. The molecule has 0 fully saturated rings. The molecule has 0 aliphatic carbocycles. The molecule has 0 amide bonds. The molecule has 2 heterocycles. The van der Waals surface area contributed by atoms with Gasteiger partial charge in [0.2, 0.25) is 0 Å². The molecular weight excluding hydrogens is 427 g/mol. The Bertz CT molecular complexity index is 1190. The zero-order valence-corrected chi connectivity index (χ0v) is 19.5. The summed E-state index contributed by atoms with van der Waals surface area (Å²) in [5.74, 6) is -1.01. The summed E-state index contributed by atoms with van der Waals surface area (Å²) in [7, 11) is 0. The van der Waals surface area contributed by atoms with Gasteiger partial charge in [0, 0.05) is 40.3 Å². The maximum absolute atomic E-state index is 14.9. The third-order valence-corrected chi connectivity index (χ3v) is 6.44. The van der Waals surface area contributed by atoms with Crippen molar-refractivity contribution in [3.8, 4) is 0 Å². The average Bonchev–Trinajstić information content (AvgIpc) is 3.05. The Balaban J connectivity index is 1.92. The number of carbonyl (C=O) groups is 1. The fraction of sp³-hybridized carbons (Fsp3) is 0.346. The number of nitrogens with one attached hydrogen (secondary N) is 1. The topological polar surface area (TPSA) is 56.3 Å². The minimum atomic E-state index is -1.37. The normalized spacial score (nSPS) is 19.6. The van der Waals surface area contributed by atoms with E-state index in [1.807, 2.05) is 25.1 Å². The highest BCUT2D eigenvalue weighted by Gasteiger charge is 2.39. The van der Waals surface area contributed by atoms with Crippen molar-refractivity contribution in [2.45, 2.75) is 51.9 Å². The Hall–Kier alpha value is -2.63. The van der Waals surface area contributed by atoms with Gasteiger partial charge in [0.25, 0.3) is 0 Å². The zero-order chi connectivity index (χ0) is 23.2. The van der Waals surface area contributed by atoms with E-state index in [4.69, 9.17) is 16.7 Å². The van der Waals surface area contributed by atoms with Gasteiger partial charge in [0.1, 0.15) is 5.67 Å². The first-order valence-electron chi connectivity index (χ1n) is 10.8. The van der Waals surface area contributed by atoms with Crippen LogP contribution < -0.4 is 0 Å². The van der Waals surface area contributed by atoms with Crippen molar-refractivity contribution in [1.82, 2.24) is 9.88 Å². The molecule has 1 aromatic heterocycles. The fourth-order valence-electron chi connectivity index (χ4n) is 4.89. The molecule has 168 valence electrons. The molecule has 0 radical (unpaired) electrons. The minimum Gasteiger partial charge on any atom is -0.478 e. The van der Waals surface area contributed by atoms with Crippen LogP contribution in [0.15, 0.2) is 42.5 Å². The number of aliphatic carboxylic acids is 1. The molecule has 3 aromatic rings. The Morgan fingerprint density at radius 3 is 2.72 bits per heavy atom. The van der Waals surface area contributed by atoms with Gasteiger partial charge < -0.3 is 10.1 Å². The van der Waals surface area contributed by atoms with E-state index >= 15 is 0 Å². The van der Waals surface area contributed by atoms with Crippen LogP contribution in [0.3, 0.4) is 0 Å². The van der Waals surface area contributed by atoms with Crippen molar-refractivity contribution in [1.29, 1.82) is 0 Å². The van der Waals surface area contributed by atoms with E-state index in [2.05, 4.69) is 28.9 Å². The molecule has 6 heteroatoms. The summed E-state index contributed by atoms with van der Waals surface area (Å²) in [6.07, 6.45) is 3.45. The number of hydrogen-bond acceptors (Lipinski definition) is 2. The van der Waals surface area contributed by atoms with Gasteiger partial charge in [-0.3, -0.25) is 4.90 Å². The number of carboxylic acid groups (broad SMARTS) is 1. The number of aromatic nitrogens is 1. The SMILES string of the molecule is Cc1cc(/C=C/C(=O)O)cc(Cl)c1[C@@H]1c2[nH]c3ccccc3c2C[C@@H](C)N1CC(C)(C)F. The molecule has 0 bridgehead atoms. The van der Waals surface area contributed by atoms with Crippen LogP contribution in [-0.2, 0) is 11.2 Å². The molecule has 2 atom stereocenters. The Morgan fingerprint density at radius 2 is 2.06 bits per heavy atom. The second kappa shape index (κ2) is 8.38. The van der Waals surface area contributed by atoms with E-state index in [0.717, 1.165) is 40.4 Å². The van der Waals surface area contributed by atoms with Crippen LogP contribution in [0.25, 0.3) is 17.0 Å². The van der Waals surface area contributed by atoms with E-state index in [-0.39, 0.29) is 18.6 Å². The molecule has 0 saturated carbocycles. The summed E-state index contributed by atoms with van der Waals surface area (Å²) in [6, 6.07) is 11.8. The number of benzene rings is 2. The molecule has 0 spiro atoms. The second-order valence-corrected chi connectivity index (χ2v) is 9.72. The number of aromatic amines is 1. The number of rotatable bonds is 5. The lowest BCUT2D eigenvalue weighted by Gasteiger charge is -2.43. The Kier molecular flexibility index (Phi) is 5.91. The molecular formula is C26H28ClFN2O2. The van der Waals surface area contributed by atoms with Gasteiger partial charge in [-0.25, -0.2) is 9.18 Å². The van der Waals surface area contributed by atoms with Crippen LogP contribution in [-0.4, -0.2) is 39.2 Å². The molecule has 2 aromatic carbocycles. The zero-order valence-electron chi connectivity index (χ0n) is 18.7. The number of H-pyrrole nitrogens is 1. The van der Waals surface area contributed by atoms with Gasteiger partial charge in [-0.1, -0.05) is 35.9 Å². The molecule has 0 unspecified atom stereocenters. The fourth-order valence-corrected chi connectivity index (χ4v) is 5.27. The van der Waals surface area contributed by atoms with Gasteiger partial charge in [0.15, 0.2) is 0 Å². The number of para-hydroxylation sites is 1. The summed E-state index contributed by atoms with van der Waals surface area (Å²) in [5.41, 5.74) is 4.56. The van der Waals surface area contributed by atoms with Crippen molar-refractivity contribution >= 4 is 34.5 Å². The molecule has 2 N–H and O–H groups in total. The highest BCUT2D eigenvalue weighted by atomic mass is 35.5. The lowest BCUT2D eigenvalue weighted by molar-refractivity contribution is -0.131. The Morgan fingerprint density at radius 1 is 1.34 bits per heavy atom. The van der Waals surface area contributed by atoms with Gasteiger partial charge >= 0.3 is 5.97 Å². The molecule has 1 aliphatic rings. The van der Waals surface area contributed by atoms with Crippen LogP contribution in [0.4, 0.5) is 4.39 Å². The van der Waals surface area contributed by atoms with Gasteiger partial charge in [-0.05, 0) is 74.6 Å². The Labute approximate surface area is 192 Å².